The van der Waals surface area contributed by atoms with Crippen molar-refractivity contribution >= 4 is 20.0 Å². The zero-order valence-electron chi connectivity index (χ0n) is 15.3. The van der Waals surface area contributed by atoms with Crippen LogP contribution in [0.5, 0.6) is 0 Å². The second-order valence-electron chi connectivity index (χ2n) is 7.38. The summed E-state index contributed by atoms with van der Waals surface area (Å²) in [6, 6.07) is 5.72. The van der Waals surface area contributed by atoms with Gasteiger partial charge in [-0.05, 0) is 55.9 Å². The highest BCUT2D eigenvalue weighted by Crippen LogP contribution is 2.26. The Hall–Kier alpha value is -0.960. The predicted octanol–water partition coefficient (Wildman–Crippen LogP) is 2.67. The van der Waals surface area contributed by atoms with Gasteiger partial charge in [0.2, 0.25) is 20.0 Å². The Morgan fingerprint density at radius 2 is 1.08 bits per heavy atom. The Kier molecular flexibility index (Phi) is 6.06. The molecule has 1 aromatic rings. The molecule has 26 heavy (non-hydrogen) atoms. The molecule has 0 saturated carbocycles. The van der Waals surface area contributed by atoms with Crippen LogP contribution < -0.4 is 0 Å². The Balaban J connectivity index is 1.79. The lowest BCUT2D eigenvalue weighted by atomic mass is 10.0. The topological polar surface area (TPSA) is 74.8 Å². The van der Waals surface area contributed by atoms with Crippen molar-refractivity contribution in [2.24, 2.45) is 5.92 Å². The fourth-order valence-electron chi connectivity index (χ4n) is 3.59. The van der Waals surface area contributed by atoms with E-state index in [-0.39, 0.29) is 9.79 Å². The lowest BCUT2D eigenvalue weighted by Gasteiger charge is -2.29. The van der Waals surface area contributed by atoms with Crippen molar-refractivity contribution in [1.82, 2.24) is 8.61 Å². The van der Waals surface area contributed by atoms with E-state index in [0.29, 0.717) is 32.1 Å². The zero-order chi connectivity index (χ0) is 18.8. The van der Waals surface area contributed by atoms with Gasteiger partial charge in [-0.1, -0.05) is 19.8 Å². The van der Waals surface area contributed by atoms with Crippen LogP contribution in [0.15, 0.2) is 34.1 Å². The zero-order valence-corrected chi connectivity index (χ0v) is 16.9. The molecule has 0 radical (unpaired) electrons. The molecule has 146 valence electrons. The fraction of sp³-hybridized carbons (Fsp3) is 0.667. The average Bonchev–Trinajstić information content (AvgIpc) is 2.92. The van der Waals surface area contributed by atoms with Crippen molar-refractivity contribution in [1.29, 1.82) is 0 Å². The molecule has 6 nitrogen and oxygen atoms in total. The Morgan fingerprint density at radius 1 is 0.692 bits per heavy atom. The van der Waals surface area contributed by atoms with E-state index in [0.717, 1.165) is 38.5 Å². The molecule has 2 saturated heterocycles. The summed E-state index contributed by atoms with van der Waals surface area (Å²) in [6.07, 6.45) is 5.58. The second-order valence-corrected chi connectivity index (χ2v) is 11.3. The fourth-order valence-corrected chi connectivity index (χ4v) is 6.58. The molecule has 2 aliphatic heterocycles. The van der Waals surface area contributed by atoms with Gasteiger partial charge in [0.05, 0.1) is 9.79 Å². The van der Waals surface area contributed by atoms with Gasteiger partial charge in [-0.15, -0.1) is 0 Å². The van der Waals surface area contributed by atoms with E-state index in [4.69, 9.17) is 0 Å². The molecule has 1 aromatic carbocycles. The first-order valence-electron chi connectivity index (χ1n) is 9.42. The summed E-state index contributed by atoms with van der Waals surface area (Å²) in [5, 5.41) is 0. The standard InChI is InChI=1S/C18H28N2O4S2/c1-16-10-14-20(15-11-16)26(23,24)18-8-6-17(7-9-18)25(21,22)19-12-4-2-3-5-13-19/h6-9,16H,2-5,10-15H2,1H3. The van der Waals surface area contributed by atoms with Crippen molar-refractivity contribution < 1.29 is 16.8 Å². The van der Waals surface area contributed by atoms with Crippen molar-refractivity contribution in [3.63, 3.8) is 0 Å². The number of benzene rings is 1. The Labute approximate surface area is 157 Å². The smallest absolute Gasteiger partial charge is 0.207 e. The summed E-state index contributed by atoms with van der Waals surface area (Å²) < 4.78 is 54.2. The monoisotopic (exact) mass is 400 g/mol. The van der Waals surface area contributed by atoms with E-state index in [9.17, 15) is 16.8 Å². The maximum Gasteiger partial charge on any atom is 0.243 e. The van der Waals surface area contributed by atoms with Crippen LogP contribution in [0.25, 0.3) is 0 Å². The predicted molar refractivity (Wildman–Crippen MR) is 101 cm³/mol. The molecule has 0 unspecified atom stereocenters. The van der Waals surface area contributed by atoms with Crippen molar-refractivity contribution in [3.05, 3.63) is 24.3 Å². The molecule has 2 aliphatic rings. The summed E-state index contributed by atoms with van der Waals surface area (Å²) >= 11 is 0. The molecule has 8 heteroatoms. The third-order valence-corrected chi connectivity index (χ3v) is 9.23. The van der Waals surface area contributed by atoms with E-state index < -0.39 is 20.0 Å². The minimum atomic E-state index is -3.55. The van der Waals surface area contributed by atoms with Gasteiger partial charge in [0, 0.05) is 26.2 Å². The van der Waals surface area contributed by atoms with Crippen LogP contribution in [-0.2, 0) is 20.0 Å². The lowest BCUT2D eigenvalue weighted by Crippen LogP contribution is -2.37. The number of rotatable bonds is 4. The molecule has 0 N–H and O–H groups in total. The highest BCUT2D eigenvalue weighted by Gasteiger charge is 2.29. The van der Waals surface area contributed by atoms with Gasteiger partial charge >= 0.3 is 0 Å². The third-order valence-electron chi connectivity index (χ3n) is 5.41. The number of hydrogen-bond donors (Lipinski definition) is 0. The molecule has 2 fully saturated rings. The minimum Gasteiger partial charge on any atom is -0.207 e. The van der Waals surface area contributed by atoms with Crippen molar-refractivity contribution in [2.75, 3.05) is 26.2 Å². The first kappa shape index (κ1) is 19.8. The van der Waals surface area contributed by atoms with Gasteiger partial charge in [-0.3, -0.25) is 0 Å². The van der Waals surface area contributed by atoms with Crippen molar-refractivity contribution in [2.45, 2.75) is 55.2 Å². The van der Waals surface area contributed by atoms with Crippen LogP contribution in [0.1, 0.15) is 45.4 Å². The quantitative estimate of drug-likeness (QED) is 0.779. The SMILES string of the molecule is CC1CCN(S(=O)(=O)c2ccc(S(=O)(=O)N3CCCCCC3)cc2)CC1. The van der Waals surface area contributed by atoms with E-state index in [2.05, 4.69) is 6.92 Å². The maximum atomic E-state index is 12.8. The van der Waals surface area contributed by atoms with Crippen LogP contribution in [0.3, 0.4) is 0 Å². The summed E-state index contributed by atoms with van der Waals surface area (Å²) in [6.45, 7) is 4.25. The third kappa shape index (κ3) is 4.13. The number of nitrogens with zero attached hydrogens (tertiary/aromatic N) is 2. The minimum absolute atomic E-state index is 0.168. The Morgan fingerprint density at radius 3 is 1.50 bits per heavy atom. The van der Waals surface area contributed by atoms with Gasteiger partial charge in [-0.25, -0.2) is 16.8 Å². The van der Waals surface area contributed by atoms with E-state index >= 15 is 0 Å². The van der Waals surface area contributed by atoms with Crippen LogP contribution in [-0.4, -0.2) is 51.6 Å². The van der Waals surface area contributed by atoms with Crippen LogP contribution in [0, 0.1) is 5.92 Å². The largest absolute Gasteiger partial charge is 0.243 e. The summed E-state index contributed by atoms with van der Waals surface area (Å²) in [4.78, 5) is 0.340. The average molecular weight is 401 g/mol. The van der Waals surface area contributed by atoms with E-state index in [1.54, 1.807) is 0 Å². The molecule has 0 spiro atoms. The highest BCUT2D eigenvalue weighted by molar-refractivity contribution is 7.89. The van der Waals surface area contributed by atoms with Crippen LogP contribution in [0.4, 0.5) is 0 Å². The summed E-state index contributed by atoms with van der Waals surface area (Å²) in [7, 11) is -7.11. The first-order valence-corrected chi connectivity index (χ1v) is 12.3. The van der Waals surface area contributed by atoms with Gasteiger partial charge in [0.1, 0.15) is 0 Å². The van der Waals surface area contributed by atoms with Gasteiger partial charge in [-0.2, -0.15) is 8.61 Å². The molecule has 0 amide bonds. The molecule has 3 rings (SSSR count). The molecule has 0 bridgehead atoms. The number of piperidine rings is 1. The van der Waals surface area contributed by atoms with Gasteiger partial charge < -0.3 is 0 Å². The lowest BCUT2D eigenvalue weighted by molar-refractivity contribution is 0.288. The molecule has 0 atom stereocenters. The molecule has 0 aliphatic carbocycles. The van der Waals surface area contributed by atoms with E-state index in [1.165, 1.54) is 32.9 Å². The summed E-state index contributed by atoms with van der Waals surface area (Å²) in [5.74, 6) is 0.544. The summed E-state index contributed by atoms with van der Waals surface area (Å²) in [5.41, 5.74) is 0. The maximum absolute atomic E-state index is 12.8. The Bertz CT molecular complexity index is 803. The first-order chi connectivity index (χ1) is 12.3. The van der Waals surface area contributed by atoms with Crippen molar-refractivity contribution in [3.8, 4) is 0 Å². The highest BCUT2D eigenvalue weighted by atomic mass is 32.2. The number of hydrogen-bond acceptors (Lipinski definition) is 4. The molecular formula is C18H28N2O4S2. The molecule has 0 aromatic heterocycles. The molecular weight excluding hydrogens is 372 g/mol. The molecule has 2 heterocycles. The van der Waals surface area contributed by atoms with Gasteiger partial charge in [0.25, 0.3) is 0 Å². The van der Waals surface area contributed by atoms with Crippen LogP contribution in [0.2, 0.25) is 0 Å². The number of sulfonamides is 2. The van der Waals surface area contributed by atoms with E-state index in [1.807, 2.05) is 0 Å². The van der Waals surface area contributed by atoms with Gasteiger partial charge in [0.15, 0.2) is 0 Å². The van der Waals surface area contributed by atoms with Crippen LogP contribution >= 0.6 is 0 Å². The normalized spacial score (nSPS) is 22.2. The second kappa shape index (κ2) is 7.96.